The second kappa shape index (κ2) is 6.71. The van der Waals surface area contributed by atoms with Crippen LogP contribution in [-0.4, -0.2) is 20.4 Å². The maximum Gasteiger partial charge on any atom is 0.283 e. The van der Waals surface area contributed by atoms with Gasteiger partial charge in [-0.05, 0) is 31.2 Å². The molecule has 0 unspecified atom stereocenters. The number of nitrogens with two attached hydrogens (primary N) is 1. The molecule has 0 spiro atoms. The summed E-state index contributed by atoms with van der Waals surface area (Å²) < 4.78 is 2.17. The molecule has 1 aliphatic carbocycles. The lowest BCUT2D eigenvalue weighted by atomic mass is 10.0. The number of benzene rings is 1. The van der Waals surface area contributed by atoms with Gasteiger partial charge in [-0.25, -0.2) is 0 Å². The summed E-state index contributed by atoms with van der Waals surface area (Å²) in [5.41, 5.74) is 8.26. The fourth-order valence-electron chi connectivity index (χ4n) is 2.62. The van der Waals surface area contributed by atoms with Crippen molar-refractivity contribution in [3.05, 3.63) is 74.0 Å². The highest BCUT2D eigenvalue weighted by Gasteiger charge is 2.17. The first kappa shape index (κ1) is 17.6. The Bertz CT molecular complexity index is 1230. The van der Waals surface area contributed by atoms with E-state index in [-0.39, 0.29) is 17.2 Å². The molecule has 0 saturated carbocycles. The van der Waals surface area contributed by atoms with Gasteiger partial charge in [0.15, 0.2) is 5.78 Å². The third-order valence-electron chi connectivity index (χ3n) is 4.06. The summed E-state index contributed by atoms with van der Waals surface area (Å²) in [6.45, 7) is 2.01. The first-order chi connectivity index (χ1) is 12.9. The number of anilines is 1. The number of aromatic nitrogens is 3. The van der Waals surface area contributed by atoms with Gasteiger partial charge in [-0.1, -0.05) is 57.1 Å². The number of carbonyl (C=O) groups excluding carboxylic acids is 1. The molecule has 1 aliphatic rings. The fourth-order valence-corrected chi connectivity index (χ4v) is 3.90. The molecule has 1 aromatic carbocycles. The second-order valence-electron chi connectivity index (χ2n) is 6.01. The zero-order chi connectivity index (χ0) is 19.1. The van der Waals surface area contributed by atoms with Crippen LogP contribution in [0.5, 0.6) is 0 Å². The Labute approximate surface area is 166 Å². The number of nitrogens with zero attached hydrogens (tertiary/aromatic N) is 3. The zero-order valence-electron chi connectivity index (χ0n) is 14.1. The van der Waals surface area contributed by atoms with Crippen molar-refractivity contribution in [3.8, 4) is 10.6 Å². The highest BCUT2D eigenvalue weighted by Crippen LogP contribution is 2.27. The molecular formula is C19H13BrN4O2S. The van der Waals surface area contributed by atoms with Crippen LogP contribution in [0, 0.1) is 6.92 Å². The number of hydrogen-bond acceptors (Lipinski definition) is 6. The molecule has 0 fully saturated rings. The quantitative estimate of drug-likeness (QED) is 0.615. The van der Waals surface area contributed by atoms with Gasteiger partial charge in [-0.3, -0.25) is 9.59 Å². The van der Waals surface area contributed by atoms with Crippen LogP contribution < -0.4 is 11.3 Å². The molecule has 0 bridgehead atoms. The van der Waals surface area contributed by atoms with E-state index in [2.05, 4.69) is 26.0 Å². The molecule has 0 amide bonds. The number of rotatable bonds is 2. The normalized spacial score (nSPS) is 15.6. The minimum Gasteiger partial charge on any atom is -0.383 e. The summed E-state index contributed by atoms with van der Waals surface area (Å²) >= 11 is 4.60. The van der Waals surface area contributed by atoms with Crippen LogP contribution in [0.2, 0.25) is 0 Å². The van der Waals surface area contributed by atoms with Crippen molar-refractivity contribution >= 4 is 49.9 Å². The number of fused-ring (bicyclic) bond motifs is 1. The van der Waals surface area contributed by atoms with Crippen molar-refractivity contribution in [2.24, 2.45) is 0 Å². The summed E-state index contributed by atoms with van der Waals surface area (Å²) in [6.07, 6.45) is 6.16. The van der Waals surface area contributed by atoms with Gasteiger partial charge in [0.05, 0.1) is 5.56 Å². The van der Waals surface area contributed by atoms with Crippen molar-refractivity contribution in [3.63, 3.8) is 0 Å². The van der Waals surface area contributed by atoms with E-state index in [4.69, 9.17) is 5.73 Å². The SMILES string of the molecule is Cc1ccc(-c2nn3c(N)c(/C=C4\C=C(Br)C=CC4=O)c(=O)nc3s2)cc1. The summed E-state index contributed by atoms with van der Waals surface area (Å²) in [5, 5.41) is 5.20. The van der Waals surface area contributed by atoms with Crippen LogP contribution in [0.25, 0.3) is 21.6 Å². The van der Waals surface area contributed by atoms with Crippen LogP contribution in [0.4, 0.5) is 5.82 Å². The zero-order valence-corrected chi connectivity index (χ0v) is 16.5. The van der Waals surface area contributed by atoms with Gasteiger partial charge in [0.1, 0.15) is 10.8 Å². The van der Waals surface area contributed by atoms with Gasteiger partial charge in [-0.15, -0.1) is 0 Å². The average Bonchev–Trinajstić information content (AvgIpc) is 3.06. The Balaban J connectivity index is 1.86. The van der Waals surface area contributed by atoms with Gasteiger partial charge in [0.25, 0.3) is 5.56 Å². The van der Waals surface area contributed by atoms with Crippen molar-refractivity contribution < 1.29 is 4.79 Å². The van der Waals surface area contributed by atoms with Crippen molar-refractivity contribution in [2.75, 3.05) is 5.73 Å². The molecule has 0 atom stereocenters. The van der Waals surface area contributed by atoms with Gasteiger partial charge >= 0.3 is 0 Å². The Hall–Kier alpha value is -2.84. The number of nitrogen functional groups attached to an aromatic ring is 1. The van der Waals surface area contributed by atoms with Crippen molar-refractivity contribution in [1.29, 1.82) is 0 Å². The molecule has 0 aliphatic heterocycles. The topological polar surface area (TPSA) is 90.4 Å². The Morgan fingerprint density at radius 1 is 1.19 bits per heavy atom. The van der Waals surface area contributed by atoms with E-state index in [1.54, 1.807) is 12.2 Å². The lowest BCUT2D eigenvalue weighted by Gasteiger charge is -2.05. The molecule has 134 valence electrons. The van der Waals surface area contributed by atoms with Gasteiger partial charge in [0, 0.05) is 15.6 Å². The standard InChI is InChI=1S/C19H13BrN4O2S/c1-10-2-4-11(5-3-10)18-23-24-16(21)14(17(26)22-19(24)27-18)9-12-8-13(20)6-7-15(12)25/h2-9H,21H2,1H3/b12-9+. The molecule has 8 heteroatoms. The van der Waals surface area contributed by atoms with Crippen LogP contribution >= 0.6 is 27.3 Å². The van der Waals surface area contributed by atoms with Crippen LogP contribution in [-0.2, 0) is 4.79 Å². The summed E-state index contributed by atoms with van der Waals surface area (Å²) in [7, 11) is 0. The summed E-state index contributed by atoms with van der Waals surface area (Å²) in [5.74, 6) is -0.0558. The molecule has 2 N–H and O–H groups in total. The molecule has 27 heavy (non-hydrogen) atoms. The molecule has 3 aromatic rings. The molecule has 2 aromatic heterocycles. The van der Waals surface area contributed by atoms with Crippen molar-refractivity contribution in [1.82, 2.24) is 14.6 Å². The lowest BCUT2D eigenvalue weighted by molar-refractivity contribution is -0.111. The van der Waals surface area contributed by atoms with E-state index >= 15 is 0 Å². The van der Waals surface area contributed by atoms with Crippen molar-refractivity contribution in [2.45, 2.75) is 6.92 Å². The second-order valence-corrected chi connectivity index (χ2v) is 7.88. The predicted octanol–water partition coefficient (Wildman–Crippen LogP) is 3.51. The molecule has 0 radical (unpaired) electrons. The highest BCUT2D eigenvalue weighted by atomic mass is 79.9. The first-order valence-electron chi connectivity index (χ1n) is 8.00. The number of carbonyl (C=O) groups is 1. The minimum absolute atomic E-state index is 0.142. The largest absolute Gasteiger partial charge is 0.383 e. The van der Waals surface area contributed by atoms with Crippen LogP contribution in [0.1, 0.15) is 11.1 Å². The summed E-state index contributed by atoms with van der Waals surface area (Å²) in [4.78, 5) is 29.0. The van der Waals surface area contributed by atoms with E-state index in [0.29, 0.717) is 15.5 Å². The van der Waals surface area contributed by atoms with Crippen LogP contribution in [0.15, 0.2) is 57.3 Å². The number of aryl methyl sites for hydroxylation is 1. The Morgan fingerprint density at radius 2 is 1.93 bits per heavy atom. The first-order valence-corrected chi connectivity index (χ1v) is 9.61. The van der Waals surface area contributed by atoms with E-state index in [1.165, 1.54) is 28.0 Å². The Morgan fingerprint density at radius 3 is 2.67 bits per heavy atom. The summed E-state index contributed by atoms with van der Waals surface area (Å²) in [6, 6.07) is 7.90. The lowest BCUT2D eigenvalue weighted by Crippen LogP contribution is -2.17. The van der Waals surface area contributed by atoms with Crippen LogP contribution in [0.3, 0.4) is 0 Å². The fraction of sp³-hybridized carbons (Fsp3) is 0.0526. The monoisotopic (exact) mass is 440 g/mol. The predicted molar refractivity (Wildman–Crippen MR) is 111 cm³/mol. The van der Waals surface area contributed by atoms with E-state index in [1.807, 2.05) is 31.2 Å². The van der Waals surface area contributed by atoms with Gasteiger partial charge in [0.2, 0.25) is 4.96 Å². The molecule has 2 heterocycles. The van der Waals surface area contributed by atoms with E-state index < -0.39 is 5.56 Å². The highest BCUT2D eigenvalue weighted by molar-refractivity contribution is 9.11. The number of ketones is 1. The Kier molecular flexibility index (Phi) is 4.37. The maximum atomic E-state index is 12.5. The number of allylic oxidation sites excluding steroid dienone is 5. The third-order valence-corrected chi connectivity index (χ3v) is 5.51. The number of halogens is 1. The van der Waals surface area contributed by atoms with E-state index in [9.17, 15) is 9.59 Å². The van der Waals surface area contributed by atoms with Gasteiger partial charge < -0.3 is 5.73 Å². The van der Waals surface area contributed by atoms with Gasteiger partial charge in [-0.2, -0.15) is 14.6 Å². The van der Waals surface area contributed by atoms with E-state index in [0.717, 1.165) is 15.6 Å². The molecule has 0 saturated heterocycles. The molecule has 6 nitrogen and oxygen atoms in total. The third kappa shape index (κ3) is 3.29. The average molecular weight is 441 g/mol. The minimum atomic E-state index is -0.494. The number of hydrogen-bond donors (Lipinski definition) is 1. The molecule has 4 rings (SSSR count). The maximum absolute atomic E-state index is 12.5. The smallest absolute Gasteiger partial charge is 0.283 e. The molecular weight excluding hydrogens is 428 g/mol.